The molecule has 0 spiro atoms. The average Bonchev–Trinajstić information content (AvgIpc) is 2.75. The SMILES string of the molecule is CC(C)(C)OC(=O)C(Cc1ccccc1)N(CCC(=O)c1c(F)ccc(Cl)c1F)C(=O)CP. The molecule has 2 atom stereocenters. The highest BCUT2D eigenvalue weighted by atomic mass is 35.5. The number of ether oxygens (including phenoxy) is 1. The summed E-state index contributed by atoms with van der Waals surface area (Å²) in [5.74, 6) is -4.12. The van der Waals surface area contributed by atoms with Gasteiger partial charge >= 0.3 is 5.97 Å². The number of carbonyl (C=O) groups is 3. The Morgan fingerprint density at radius 2 is 1.73 bits per heavy atom. The molecule has 1 amide bonds. The van der Waals surface area contributed by atoms with Crippen molar-refractivity contribution in [2.75, 3.05) is 12.7 Å². The van der Waals surface area contributed by atoms with Gasteiger partial charge in [0.05, 0.1) is 10.6 Å². The number of amides is 1. The van der Waals surface area contributed by atoms with Crippen LogP contribution in [0, 0.1) is 11.6 Å². The Bertz CT molecular complexity index is 1010. The zero-order valence-corrected chi connectivity index (χ0v) is 20.6. The van der Waals surface area contributed by atoms with E-state index < -0.39 is 52.9 Å². The molecule has 0 aliphatic carbocycles. The van der Waals surface area contributed by atoms with Crippen molar-refractivity contribution in [2.24, 2.45) is 0 Å². The maximum Gasteiger partial charge on any atom is 0.329 e. The Hall–Kier alpha value is -2.37. The van der Waals surface area contributed by atoms with Gasteiger partial charge in [0.1, 0.15) is 17.5 Å². The van der Waals surface area contributed by atoms with Gasteiger partial charge in [-0.3, -0.25) is 9.59 Å². The van der Waals surface area contributed by atoms with Gasteiger partial charge in [-0.25, -0.2) is 13.6 Å². The molecular formula is C24H27ClF2NO4P. The van der Waals surface area contributed by atoms with Crippen LogP contribution in [0.2, 0.25) is 5.02 Å². The average molecular weight is 498 g/mol. The van der Waals surface area contributed by atoms with Crippen molar-refractivity contribution in [3.63, 3.8) is 0 Å². The highest BCUT2D eigenvalue weighted by molar-refractivity contribution is 7.18. The third-order valence-electron chi connectivity index (χ3n) is 4.72. The van der Waals surface area contributed by atoms with Gasteiger partial charge in [0, 0.05) is 25.5 Å². The summed E-state index contributed by atoms with van der Waals surface area (Å²) in [5.41, 5.74) is -0.782. The molecule has 2 aromatic carbocycles. The molecule has 0 saturated heterocycles. The van der Waals surface area contributed by atoms with E-state index in [9.17, 15) is 23.2 Å². The van der Waals surface area contributed by atoms with Gasteiger partial charge in [-0.15, -0.1) is 9.24 Å². The zero-order chi connectivity index (χ0) is 24.8. The lowest BCUT2D eigenvalue weighted by molar-refractivity contribution is -0.164. The first-order valence-electron chi connectivity index (χ1n) is 10.4. The third kappa shape index (κ3) is 7.58. The van der Waals surface area contributed by atoms with Crippen LogP contribution in [0.1, 0.15) is 43.1 Å². The summed E-state index contributed by atoms with van der Waals surface area (Å²) in [6, 6.07) is 9.95. The largest absolute Gasteiger partial charge is 0.458 e. The predicted molar refractivity (Wildman–Crippen MR) is 126 cm³/mol. The normalized spacial score (nSPS) is 12.2. The smallest absolute Gasteiger partial charge is 0.329 e. The number of benzene rings is 2. The number of Topliss-reactive ketones (excluding diaryl/α,β-unsaturated/α-hetero) is 1. The van der Waals surface area contributed by atoms with E-state index in [0.29, 0.717) is 0 Å². The van der Waals surface area contributed by atoms with Crippen molar-refractivity contribution in [1.29, 1.82) is 0 Å². The van der Waals surface area contributed by atoms with E-state index in [1.165, 1.54) is 4.90 Å². The molecule has 5 nitrogen and oxygen atoms in total. The molecule has 2 aromatic rings. The first-order chi connectivity index (χ1) is 15.4. The van der Waals surface area contributed by atoms with E-state index in [0.717, 1.165) is 17.7 Å². The molecule has 178 valence electrons. The van der Waals surface area contributed by atoms with Gasteiger partial charge in [-0.1, -0.05) is 41.9 Å². The number of carbonyl (C=O) groups excluding carboxylic acids is 3. The van der Waals surface area contributed by atoms with E-state index in [4.69, 9.17) is 16.3 Å². The first kappa shape index (κ1) is 26.9. The third-order valence-corrected chi connectivity index (χ3v) is 5.37. The number of ketones is 1. The van der Waals surface area contributed by atoms with Crippen LogP contribution >= 0.6 is 20.8 Å². The van der Waals surface area contributed by atoms with E-state index in [2.05, 4.69) is 9.24 Å². The lowest BCUT2D eigenvalue weighted by Gasteiger charge is -2.32. The number of rotatable bonds is 9. The Morgan fingerprint density at radius 3 is 2.30 bits per heavy atom. The van der Waals surface area contributed by atoms with Crippen LogP contribution in [0.3, 0.4) is 0 Å². The van der Waals surface area contributed by atoms with Gasteiger partial charge in [0.2, 0.25) is 5.91 Å². The molecule has 33 heavy (non-hydrogen) atoms. The van der Waals surface area contributed by atoms with Crippen LogP contribution in [0.4, 0.5) is 8.78 Å². The van der Waals surface area contributed by atoms with Gasteiger partial charge in [-0.05, 0) is 38.5 Å². The van der Waals surface area contributed by atoms with Gasteiger partial charge in [0.25, 0.3) is 0 Å². The van der Waals surface area contributed by atoms with Crippen LogP contribution in [-0.4, -0.2) is 46.9 Å². The van der Waals surface area contributed by atoms with E-state index >= 15 is 0 Å². The van der Waals surface area contributed by atoms with Crippen molar-refractivity contribution in [2.45, 2.75) is 45.3 Å². The maximum atomic E-state index is 14.3. The molecule has 0 aromatic heterocycles. The molecule has 0 N–H and O–H groups in total. The van der Waals surface area contributed by atoms with Crippen LogP contribution in [0.15, 0.2) is 42.5 Å². The topological polar surface area (TPSA) is 63.7 Å². The molecule has 0 aliphatic heterocycles. The number of nitrogens with zero attached hydrogens (tertiary/aromatic N) is 1. The van der Waals surface area contributed by atoms with Gasteiger partial charge in [0.15, 0.2) is 11.6 Å². The van der Waals surface area contributed by atoms with Crippen LogP contribution in [0.25, 0.3) is 0 Å². The summed E-state index contributed by atoms with van der Waals surface area (Å²) in [7, 11) is 2.28. The molecular weight excluding hydrogens is 471 g/mol. The van der Waals surface area contributed by atoms with Crippen molar-refractivity contribution in [3.05, 3.63) is 70.2 Å². The minimum absolute atomic E-state index is 0.0117. The Morgan fingerprint density at radius 1 is 1.09 bits per heavy atom. The molecule has 0 radical (unpaired) electrons. The molecule has 0 saturated carbocycles. The van der Waals surface area contributed by atoms with Gasteiger partial charge < -0.3 is 9.64 Å². The second-order valence-corrected chi connectivity index (χ2v) is 9.24. The molecule has 0 aliphatic rings. The maximum absolute atomic E-state index is 14.3. The monoisotopic (exact) mass is 497 g/mol. The van der Waals surface area contributed by atoms with Crippen LogP contribution in [0.5, 0.6) is 0 Å². The zero-order valence-electron chi connectivity index (χ0n) is 18.7. The number of esters is 1. The summed E-state index contributed by atoms with van der Waals surface area (Å²) >= 11 is 5.69. The highest BCUT2D eigenvalue weighted by Gasteiger charge is 2.33. The minimum atomic E-state index is -1.15. The Kier molecular flexibility index (Phi) is 9.50. The first-order valence-corrected chi connectivity index (χ1v) is 11.6. The van der Waals surface area contributed by atoms with E-state index in [1.54, 1.807) is 32.9 Å². The second-order valence-electron chi connectivity index (χ2n) is 8.42. The summed E-state index contributed by atoms with van der Waals surface area (Å²) < 4.78 is 33.9. The fourth-order valence-electron chi connectivity index (χ4n) is 3.23. The van der Waals surface area contributed by atoms with Crippen LogP contribution in [-0.2, 0) is 20.7 Å². The van der Waals surface area contributed by atoms with Crippen molar-refractivity contribution in [1.82, 2.24) is 4.90 Å². The Balaban J connectivity index is 2.34. The lowest BCUT2D eigenvalue weighted by Crippen LogP contribution is -2.50. The quantitative estimate of drug-likeness (QED) is 0.215. The summed E-state index contributed by atoms with van der Waals surface area (Å²) in [6.07, 6.45) is -0.263. The Labute approximate surface area is 199 Å². The molecule has 0 heterocycles. The number of hydrogen-bond acceptors (Lipinski definition) is 4. The lowest BCUT2D eigenvalue weighted by atomic mass is 10.0. The van der Waals surface area contributed by atoms with Gasteiger partial charge in [-0.2, -0.15) is 0 Å². The molecule has 0 bridgehead atoms. The molecule has 0 fully saturated rings. The standard InChI is InChI=1S/C24H27ClF2NO4P/c1-24(2,3)32-23(31)18(13-15-7-5-4-6-8-15)28(20(30)14-33)12-11-19(29)21-17(26)10-9-16(25)22(21)27/h4-10,18H,11-14,33H2,1-3H3. The minimum Gasteiger partial charge on any atom is -0.458 e. The fourth-order valence-corrected chi connectivity index (χ4v) is 3.62. The van der Waals surface area contributed by atoms with E-state index in [-0.39, 0.29) is 24.2 Å². The van der Waals surface area contributed by atoms with Crippen molar-refractivity contribution < 1.29 is 27.9 Å². The number of hydrogen-bond donors (Lipinski definition) is 0. The summed E-state index contributed by atoms with van der Waals surface area (Å²) in [4.78, 5) is 39.7. The van der Waals surface area contributed by atoms with Crippen molar-refractivity contribution in [3.8, 4) is 0 Å². The van der Waals surface area contributed by atoms with Crippen molar-refractivity contribution >= 4 is 38.5 Å². The van der Waals surface area contributed by atoms with Crippen LogP contribution < -0.4 is 0 Å². The second kappa shape index (κ2) is 11.7. The summed E-state index contributed by atoms with van der Waals surface area (Å²) in [5, 5.41) is -0.381. The predicted octanol–water partition coefficient (Wildman–Crippen LogP) is 4.85. The van der Waals surface area contributed by atoms with E-state index in [1.807, 2.05) is 18.2 Å². The molecule has 9 heteroatoms. The fraction of sp³-hybridized carbons (Fsp3) is 0.375. The highest BCUT2D eigenvalue weighted by Crippen LogP contribution is 2.23. The number of halogens is 3. The summed E-state index contributed by atoms with van der Waals surface area (Å²) in [6.45, 7) is 4.90. The molecule has 2 rings (SSSR count). The molecule has 2 unspecified atom stereocenters.